The molecule has 0 atom stereocenters. The highest BCUT2D eigenvalue weighted by Gasteiger charge is 2.12. The average molecular weight is 246 g/mol. The molecule has 17 heavy (non-hydrogen) atoms. The second-order valence-electron chi connectivity index (χ2n) is 4.17. The lowest BCUT2D eigenvalue weighted by molar-refractivity contribution is 0.100. The van der Waals surface area contributed by atoms with E-state index in [0.717, 1.165) is 10.6 Å². The lowest BCUT2D eigenvalue weighted by Crippen LogP contribution is -2.08. The molecular weight excluding hydrogens is 232 g/mol. The number of hydrogen-bond acceptors (Lipinski definition) is 3. The van der Waals surface area contributed by atoms with Crippen LogP contribution in [0.2, 0.25) is 0 Å². The molecule has 0 saturated carbocycles. The molecule has 2 aromatic rings. The van der Waals surface area contributed by atoms with Crippen LogP contribution in [-0.2, 0) is 0 Å². The molecule has 0 saturated heterocycles. The standard InChI is InChI=1S/C13H14N2OS/c1-7-4-8(2)11(9(3)5-7)13-15-6-10(17-13)12(14)16/h4-6H,1-3H3,(H2,14,16). The first-order valence-electron chi connectivity index (χ1n) is 5.33. The summed E-state index contributed by atoms with van der Waals surface area (Å²) >= 11 is 1.34. The zero-order valence-electron chi connectivity index (χ0n) is 10.1. The minimum atomic E-state index is -0.420. The van der Waals surface area contributed by atoms with Crippen molar-refractivity contribution in [3.8, 4) is 10.6 Å². The quantitative estimate of drug-likeness (QED) is 0.885. The lowest BCUT2D eigenvalue weighted by atomic mass is 10.0. The number of aromatic nitrogens is 1. The van der Waals surface area contributed by atoms with Crippen LogP contribution in [0.25, 0.3) is 10.6 Å². The van der Waals surface area contributed by atoms with Gasteiger partial charge in [-0.3, -0.25) is 4.79 Å². The predicted molar refractivity (Wildman–Crippen MR) is 70.3 cm³/mol. The first-order valence-corrected chi connectivity index (χ1v) is 6.14. The Morgan fingerprint density at radius 1 is 1.24 bits per heavy atom. The number of primary amides is 1. The first-order chi connectivity index (χ1) is 7.99. The highest BCUT2D eigenvalue weighted by molar-refractivity contribution is 7.16. The molecule has 1 aromatic carbocycles. The molecule has 1 aromatic heterocycles. The van der Waals surface area contributed by atoms with E-state index in [2.05, 4.69) is 37.9 Å². The van der Waals surface area contributed by atoms with Gasteiger partial charge in [0, 0.05) is 5.56 Å². The Morgan fingerprint density at radius 3 is 2.29 bits per heavy atom. The van der Waals surface area contributed by atoms with E-state index in [0.29, 0.717) is 4.88 Å². The van der Waals surface area contributed by atoms with Gasteiger partial charge in [0.2, 0.25) is 0 Å². The second-order valence-corrected chi connectivity index (χ2v) is 5.20. The van der Waals surface area contributed by atoms with Gasteiger partial charge in [0.05, 0.1) is 6.20 Å². The van der Waals surface area contributed by atoms with E-state index >= 15 is 0 Å². The minimum absolute atomic E-state index is 0.420. The van der Waals surface area contributed by atoms with Crippen LogP contribution in [0.15, 0.2) is 18.3 Å². The van der Waals surface area contributed by atoms with Crippen LogP contribution in [0, 0.1) is 20.8 Å². The minimum Gasteiger partial charge on any atom is -0.365 e. The van der Waals surface area contributed by atoms with Crippen LogP contribution in [0.5, 0.6) is 0 Å². The van der Waals surface area contributed by atoms with Crippen molar-refractivity contribution in [2.45, 2.75) is 20.8 Å². The Balaban J connectivity index is 2.56. The highest BCUT2D eigenvalue weighted by atomic mass is 32.1. The maximum absolute atomic E-state index is 11.1. The zero-order valence-corrected chi connectivity index (χ0v) is 10.9. The number of aryl methyl sites for hydroxylation is 3. The molecule has 0 aliphatic carbocycles. The highest BCUT2D eigenvalue weighted by Crippen LogP contribution is 2.31. The Hall–Kier alpha value is -1.68. The molecule has 0 bridgehead atoms. The number of nitrogens with two attached hydrogens (primary N) is 1. The van der Waals surface area contributed by atoms with Gasteiger partial charge in [-0.25, -0.2) is 4.98 Å². The summed E-state index contributed by atoms with van der Waals surface area (Å²) in [4.78, 5) is 15.8. The number of thiazole rings is 1. The third-order valence-electron chi connectivity index (χ3n) is 2.64. The molecule has 3 nitrogen and oxygen atoms in total. The summed E-state index contributed by atoms with van der Waals surface area (Å²) in [6, 6.07) is 4.24. The first kappa shape index (κ1) is 11.8. The van der Waals surface area contributed by atoms with Gasteiger partial charge in [0.15, 0.2) is 0 Å². The normalized spacial score (nSPS) is 10.5. The van der Waals surface area contributed by atoms with Gasteiger partial charge >= 0.3 is 0 Å². The topological polar surface area (TPSA) is 56.0 Å². The average Bonchev–Trinajstić information content (AvgIpc) is 2.65. The molecule has 88 valence electrons. The van der Waals surface area contributed by atoms with Crippen LogP contribution in [0.1, 0.15) is 26.4 Å². The monoisotopic (exact) mass is 246 g/mol. The molecule has 2 N–H and O–H groups in total. The lowest BCUT2D eigenvalue weighted by Gasteiger charge is -2.08. The van der Waals surface area contributed by atoms with Gasteiger partial charge in [0.1, 0.15) is 9.88 Å². The number of benzene rings is 1. The van der Waals surface area contributed by atoms with Crippen LogP contribution < -0.4 is 5.73 Å². The van der Waals surface area contributed by atoms with Crippen molar-refractivity contribution in [1.82, 2.24) is 4.98 Å². The Bertz CT molecular complexity index is 564. The molecule has 0 aliphatic rings. The maximum atomic E-state index is 11.1. The molecule has 2 rings (SSSR count). The fourth-order valence-electron chi connectivity index (χ4n) is 2.02. The van der Waals surface area contributed by atoms with Gasteiger partial charge in [-0.15, -0.1) is 11.3 Å². The molecule has 4 heteroatoms. The van der Waals surface area contributed by atoms with E-state index in [4.69, 9.17) is 5.73 Å². The van der Waals surface area contributed by atoms with Crippen molar-refractivity contribution in [3.05, 3.63) is 39.9 Å². The maximum Gasteiger partial charge on any atom is 0.260 e. The van der Waals surface area contributed by atoms with E-state index < -0.39 is 5.91 Å². The summed E-state index contributed by atoms with van der Waals surface area (Å²) in [5.41, 5.74) is 9.92. The zero-order chi connectivity index (χ0) is 12.6. The molecule has 1 amide bonds. The number of nitrogens with zero attached hydrogens (tertiary/aromatic N) is 1. The van der Waals surface area contributed by atoms with Crippen molar-refractivity contribution < 1.29 is 4.79 Å². The van der Waals surface area contributed by atoms with E-state index in [1.807, 2.05) is 0 Å². The second kappa shape index (κ2) is 4.30. The molecular formula is C13H14N2OS. The smallest absolute Gasteiger partial charge is 0.260 e. The fraction of sp³-hybridized carbons (Fsp3) is 0.231. The molecule has 0 aliphatic heterocycles. The van der Waals surface area contributed by atoms with Crippen LogP contribution >= 0.6 is 11.3 Å². The number of rotatable bonds is 2. The summed E-state index contributed by atoms with van der Waals surface area (Å²) in [7, 11) is 0. The Labute approximate surface area is 104 Å². The van der Waals surface area contributed by atoms with Gasteiger partial charge in [-0.1, -0.05) is 17.7 Å². The number of hydrogen-bond donors (Lipinski definition) is 1. The summed E-state index contributed by atoms with van der Waals surface area (Å²) < 4.78 is 0. The fourth-order valence-corrected chi connectivity index (χ4v) is 2.96. The summed E-state index contributed by atoms with van der Waals surface area (Å²) in [6.07, 6.45) is 1.54. The third kappa shape index (κ3) is 2.22. The third-order valence-corrected chi connectivity index (χ3v) is 3.67. The largest absolute Gasteiger partial charge is 0.365 e. The SMILES string of the molecule is Cc1cc(C)c(-c2ncc(C(N)=O)s2)c(C)c1. The van der Waals surface area contributed by atoms with E-state index in [-0.39, 0.29) is 0 Å². The molecule has 0 radical (unpaired) electrons. The summed E-state index contributed by atoms with van der Waals surface area (Å²) in [6.45, 7) is 6.18. The van der Waals surface area contributed by atoms with Crippen molar-refractivity contribution in [3.63, 3.8) is 0 Å². The summed E-state index contributed by atoms with van der Waals surface area (Å²) in [5, 5.41) is 0.855. The molecule has 0 fully saturated rings. The number of amides is 1. The van der Waals surface area contributed by atoms with Gasteiger partial charge in [-0.05, 0) is 31.9 Å². The van der Waals surface area contributed by atoms with Crippen LogP contribution in [0.3, 0.4) is 0 Å². The molecule has 1 heterocycles. The Kier molecular flexibility index (Phi) is 2.98. The van der Waals surface area contributed by atoms with Crippen molar-refractivity contribution in [2.24, 2.45) is 5.73 Å². The molecule has 0 unspecified atom stereocenters. The van der Waals surface area contributed by atoms with Crippen molar-refractivity contribution in [1.29, 1.82) is 0 Å². The number of carbonyl (C=O) groups is 1. The van der Waals surface area contributed by atoms with E-state index in [1.165, 1.54) is 28.0 Å². The van der Waals surface area contributed by atoms with Crippen molar-refractivity contribution in [2.75, 3.05) is 0 Å². The van der Waals surface area contributed by atoms with E-state index in [9.17, 15) is 4.79 Å². The van der Waals surface area contributed by atoms with Crippen LogP contribution in [-0.4, -0.2) is 10.9 Å². The van der Waals surface area contributed by atoms with E-state index in [1.54, 1.807) is 6.20 Å². The van der Waals surface area contributed by atoms with Gasteiger partial charge in [0.25, 0.3) is 5.91 Å². The molecule has 0 spiro atoms. The predicted octanol–water partition coefficient (Wildman–Crippen LogP) is 2.83. The number of carbonyl (C=O) groups excluding carboxylic acids is 1. The van der Waals surface area contributed by atoms with Gasteiger partial charge in [-0.2, -0.15) is 0 Å². The van der Waals surface area contributed by atoms with Crippen LogP contribution in [0.4, 0.5) is 0 Å². The summed E-state index contributed by atoms with van der Waals surface area (Å²) in [5.74, 6) is -0.420. The van der Waals surface area contributed by atoms with Gasteiger partial charge < -0.3 is 5.73 Å². The van der Waals surface area contributed by atoms with Crippen molar-refractivity contribution >= 4 is 17.2 Å². The Morgan fingerprint density at radius 2 is 1.82 bits per heavy atom.